The van der Waals surface area contributed by atoms with Crippen molar-refractivity contribution in [1.29, 1.82) is 0 Å². The summed E-state index contributed by atoms with van der Waals surface area (Å²) in [6.45, 7) is -0.0106. The number of hydrogen-bond donors (Lipinski definition) is 2. The molecule has 0 saturated carbocycles. The smallest absolute Gasteiger partial charge is 0.325 e. The van der Waals surface area contributed by atoms with E-state index in [9.17, 15) is 9.59 Å². The molecule has 0 saturated heterocycles. The van der Waals surface area contributed by atoms with Gasteiger partial charge in [-0.05, 0) is 24.1 Å². The van der Waals surface area contributed by atoms with Crippen LogP contribution in [-0.4, -0.2) is 32.0 Å². The summed E-state index contributed by atoms with van der Waals surface area (Å²) in [5.41, 5.74) is 1.61. The number of carbonyl (C=O) groups excluding carboxylic acids is 1. The zero-order valence-corrected chi connectivity index (χ0v) is 13.3. The summed E-state index contributed by atoms with van der Waals surface area (Å²) in [6, 6.07) is 7.81. The summed E-state index contributed by atoms with van der Waals surface area (Å²) in [6.07, 6.45) is 2.54. The van der Waals surface area contributed by atoms with E-state index in [1.165, 1.54) is 10.9 Å². The van der Waals surface area contributed by atoms with Crippen LogP contribution in [0.4, 0.5) is 0 Å². The number of carboxylic acids is 1. The van der Waals surface area contributed by atoms with Gasteiger partial charge in [-0.1, -0.05) is 33.3 Å². The van der Waals surface area contributed by atoms with Crippen LogP contribution in [-0.2, 0) is 29.1 Å². The second kappa shape index (κ2) is 7.69. The average Bonchev–Trinajstić information content (AvgIpc) is 2.91. The molecule has 0 radical (unpaired) electrons. The summed E-state index contributed by atoms with van der Waals surface area (Å²) >= 11 is 3.36. The molecule has 0 spiro atoms. The summed E-state index contributed by atoms with van der Waals surface area (Å²) in [4.78, 5) is 22.3. The number of nitrogens with one attached hydrogen (secondary N) is 1. The van der Waals surface area contributed by atoms with Crippen molar-refractivity contribution in [2.75, 3.05) is 0 Å². The molecule has 0 bridgehead atoms. The largest absolute Gasteiger partial charge is 0.480 e. The first kappa shape index (κ1) is 16.2. The number of nitrogens with zero attached hydrogens (tertiary/aromatic N) is 3. The lowest BCUT2D eigenvalue weighted by Gasteiger charge is -2.03. The Morgan fingerprint density at radius 1 is 1.27 bits per heavy atom. The molecule has 2 rings (SSSR count). The van der Waals surface area contributed by atoms with Gasteiger partial charge in [0.25, 0.3) is 0 Å². The third-order valence-electron chi connectivity index (χ3n) is 2.90. The number of aryl methyl sites for hydroxylation is 1. The number of hydrogen-bond acceptors (Lipinski definition) is 4. The Hall–Kier alpha value is -2.22. The van der Waals surface area contributed by atoms with Crippen LogP contribution in [0.25, 0.3) is 0 Å². The Balaban J connectivity index is 1.74. The Morgan fingerprint density at radius 2 is 2.00 bits per heavy atom. The van der Waals surface area contributed by atoms with Crippen molar-refractivity contribution >= 4 is 27.8 Å². The highest BCUT2D eigenvalue weighted by atomic mass is 79.9. The predicted molar refractivity (Wildman–Crippen MR) is 82.0 cm³/mol. The molecular weight excluding hydrogens is 352 g/mol. The molecule has 0 aliphatic rings. The second-order valence-electron chi connectivity index (χ2n) is 4.70. The van der Waals surface area contributed by atoms with Crippen LogP contribution >= 0.6 is 15.9 Å². The van der Waals surface area contributed by atoms with Gasteiger partial charge in [0.2, 0.25) is 5.91 Å². The molecule has 0 aliphatic carbocycles. The highest BCUT2D eigenvalue weighted by Gasteiger charge is 2.06. The molecule has 0 unspecified atom stereocenters. The van der Waals surface area contributed by atoms with Gasteiger partial charge in [-0.2, -0.15) is 0 Å². The molecule has 0 aliphatic heterocycles. The molecule has 1 aromatic carbocycles. The number of rotatable bonds is 7. The Labute approximate surface area is 135 Å². The minimum Gasteiger partial charge on any atom is -0.480 e. The van der Waals surface area contributed by atoms with Crippen LogP contribution in [0.2, 0.25) is 0 Å². The third-order valence-corrected chi connectivity index (χ3v) is 3.43. The Kier molecular flexibility index (Phi) is 5.65. The number of carbonyl (C=O) groups is 2. The van der Waals surface area contributed by atoms with Crippen LogP contribution in [0.5, 0.6) is 0 Å². The highest BCUT2D eigenvalue weighted by molar-refractivity contribution is 9.10. The molecule has 1 heterocycles. The maximum absolute atomic E-state index is 11.8. The van der Waals surface area contributed by atoms with Gasteiger partial charge >= 0.3 is 5.97 Å². The van der Waals surface area contributed by atoms with Crippen LogP contribution in [0, 0.1) is 0 Å². The molecule has 2 N–H and O–H groups in total. The Bertz CT molecular complexity index is 654. The zero-order valence-electron chi connectivity index (χ0n) is 11.7. The van der Waals surface area contributed by atoms with Crippen molar-refractivity contribution in [3.63, 3.8) is 0 Å². The molecular formula is C14H15BrN4O3. The molecule has 1 aromatic heterocycles. The molecule has 7 nitrogen and oxygen atoms in total. The first-order valence-corrected chi connectivity index (χ1v) is 7.44. The van der Waals surface area contributed by atoms with Gasteiger partial charge in [-0.15, -0.1) is 5.10 Å². The zero-order chi connectivity index (χ0) is 15.9. The average molecular weight is 367 g/mol. The Morgan fingerprint density at radius 3 is 2.68 bits per heavy atom. The minimum absolute atomic E-state index is 0.0873. The van der Waals surface area contributed by atoms with Crippen molar-refractivity contribution in [2.45, 2.75) is 25.9 Å². The lowest BCUT2D eigenvalue weighted by atomic mass is 10.1. The molecule has 1 amide bonds. The fourth-order valence-corrected chi connectivity index (χ4v) is 2.09. The van der Waals surface area contributed by atoms with E-state index in [1.807, 2.05) is 24.3 Å². The van der Waals surface area contributed by atoms with Crippen molar-refractivity contribution in [1.82, 2.24) is 20.3 Å². The van der Waals surface area contributed by atoms with Gasteiger partial charge in [0.1, 0.15) is 12.2 Å². The van der Waals surface area contributed by atoms with Gasteiger partial charge in [0.15, 0.2) is 0 Å². The summed E-state index contributed by atoms with van der Waals surface area (Å²) in [5.74, 6) is -1.08. The molecule has 0 atom stereocenters. The fourth-order valence-electron chi connectivity index (χ4n) is 1.82. The number of aliphatic carboxylic acids is 1. The number of amides is 1. The monoisotopic (exact) mass is 366 g/mol. The highest BCUT2D eigenvalue weighted by Crippen LogP contribution is 2.11. The topological polar surface area (TPSA) is 97.1 Å². The van der Waals surface area contributed by atoms with Crippen molar-refractivity contribution < 1.29 is 14.7 Å². The van der Waals surface area contributed by atoms with Crippen molar-refractivity contribution in [3.05, 3.63) is 46.2 Å². The van der Waals surface area contributed by atoms with Crippen molar-refractivity contribution in [2.24, 2.45) is 0 Å². The van der Waals surface area contributed by atoms with E-state index in [4.69, 9.17) is 5.11 Å². The van der Waals surface area contributed by atoms with Gasteiger partial charge in [-0.3, -0.25) is 9.59 Å². The molecule has 116 valence electrons. The minimum atomic E-state index is -0.991. The maximum atomic E-state index is 11.8. The van der Waals surface area contributed by atoms with Gasteiger partial charge < -0.3 is 10.4 Å². The number of aromatic nitrogens is 3. The normalized spacial score (nSPS) is 10.4. The summed E-state index contributed by atoms with van der Waals surface area (Å²) in [5, 5.41) is 18.8. The number of carboxylic acid groups (broad SMARTS) is 1. The van der Waals surface area contributed by atoms with E-state index < -0.39 is 5.97 Å². The molecule has 8 heteroatoms. The summed E-state index contributed by atoms with van der Waals surface area (Å²) < 4.78 is 2.22. The SMILES string of the molecule is O=C(O)Cn1cc(CNC(=O)CCc2ccc(Br)cc2)nn1. The third kappa shape index (κ3) is 5.28. The van der Waals surface area contributed by atoms with E-state index in [1.54, 1.807) is 0 Å². The van der Waals surface area contributed by atoms with Crippen LogP contribution in [0.3, 0.4) is 0 Å². The van der Waals surface area contributed by atoms with E-state index in [0.29, 0.717) is 18.5 Å². The van der Waals surface area contributed by atoms with Gasteiger partial charge in [0, 0.05) is 10.9 Å². The number of benzene rings is 1. The first-order chi connectivity index (χ1) is 10.5. The van der Waals surface area contributed by atoms with E-state index in [0.717, 1.165) is 10.0 Å². The van der Waals surface area contributed by atoms with Gasteiger partial charge in [-0.25, -0.2) is 4.68 Å². The van der Waals surface area contributed by atoms with E-state index >= 15 is 0 Å². The molecule has 2 aromatic rings. The van der Waals surface area contributed by atoms with Crippen LogP contribution < -0.4 is 5.32 Å². The van der Waals surface area contributed by atoms with Crippen molar-refractivity contribution in [3.8, 4) is 0 Å². The lowest BCUT2D eigenvalue weighted by Crippen LogP contribution is -2.23. The predicted octanol–water partition coefficient (Wildman–Crippen LogP) is 1.37. The summed E-state index contributed by atoms with van der Waals surface area (Å²) in [7, 11) is 0. The molecule has 22 heavy (non-hydrogen) atoms. The standard InChI is InChI=1S/C14H15BrN4O3/c15-11-4-1-10(2-5-11)3-6-13(20)16-7-12-8-19(18-17-12)9-14(21)22/h1-2,4-5,8H,3,6-7,9H2,(H,16,20)(H,21,22). The van der Waals surface area contributed by atoms with Gasteiger partial charge in [0.05, 0.1) is 12.7 Å². The quantitative estimate of drug-likeness (QED) is 0.771. The van der Waals surface area contributed by atoms with E-state index in [2.05, 4.69) is 31.6 Å². The first-order valence-electron chi connectivity index (χ1n) is 6.65. The maximum Gasteiger partial charge on any atom is 0.325 e. The van der Waals surface area contributed by atoms with Crippen LogP contribution in [0.15, 0.2) is 34.9 Å². The van der Waals surface area contributed by atoms with E-state index in [-0.39, 0.29) is 19.0 Å². The fraction of sp³-hybridized carbons (Fsp3) is 0.286. The lowest BCUT2D eigenvalue weighted by molar-refractivity contribution is -0.138. The van der Waals surface area contributed by atoms with Crippen LogP contribution in [0.1, 0.15) is 17.7 Å². The number of halogens is 1. The second-order valence-corrected chi connectivity index (χ2v) is 5.62. The molecule has 0 fully saturated rings.